The number of hydrogen-bond acceptors (Lipinski definition) is 6. The molecule has 1 fully saturated rings. The molecule has 1 atom stereocenters. The highest BCUT2D eigenvalue weighted by Crippen LogP contribution is 2.33. The number of rotatable bonds is 5. The summed E-state index contributed by atoms with van der Waals surface area (Å²) in [6.07, 6.45) is 3.89. The lowest BCUT2D eigenvalue weighted by Crippen LogP contribution is -2.30. The lowest BCUT2D eigenvalue weighted by atomic mass is 10.0. The van der Waals surface area contributed by atoms with Crippen LogP contribution in [0, 0.1) is 17.2 Å². The van der Waals surface area contributed by atoms with Crippen LogP contribution in [0.25, 0.3) is 16.8 Å². The fraction of sp³-hybridized carbons (Fsp3) is 0.375. The monoisotopic (exact) mass is 456 g/mol. The molecule has 0 saturated carbocycles. The van der Waals surface area contributed by atoms with Gasteiger partial charge < -0.3 is 14.2 Å². The Bertz CT molecular complexity index is 1150. The fourth-order valence-corrected chi connectivity index (χ4v) is 3.57. The third-order valence-electron chi connectivity index (χ3n) is 4.86. The van der Waals surface area contributed by atoms with Crippen molar-refractivity contribution in [1.82, 2.24) is 4.57 Å². The van der Waals surface area contributed by atoms with Gasteiger partial charge in [0.1, 0.15) is 17.0 Å². The number of hydrogen-bond donors (Lipinski definition) is 0. The first kappa shape index (κ1) is 23.6. The molecule has 1 aliphatic heterocycles. The molecule has 32 heavy (non-hydrogen) atoms. The van der Waals surface area contributed by atoms with Crippen LogP contribution >= 0.6 is 11.6 Å². The molecule has 0 spiro atoms. The lowest BCUT2D eigenvalue weighted by Gasteiger charge is -2.22. The van der Waals surface area contributed by atoms with E-state index in [9.17, 15) is 14.9 Å². The molecule has 2 heterocycles. The maximum atomic E-state index is 13.2. The predicted octanol–water partition coefficient (Wildman–Crippen LogP) is 4.27. The standard InChI is InChI=1S/C24H25ClN2O5/c1-24(2,3)32-23(29)20(9-15-7-8-31-14-15)27-13-21(30-4)19(11-22(27)28)18-10-17(25)6-5-16(18)12-26/h5-6,9-11,13,15H,7-8,14H2,1-4H3/b20-9+. The number of nitrogens with zero attached hydrogens (tertiary/aromatic N) is 2. The summed E-state index contributed by atoms with van der Waals surface area (Å²) in [5, 5.41) is 9.90. The lowest BCUT2D eigenvalue weighted by molar-refractivity contribution is -0.147. The molecule has 0 radical (unpaired) electrons. The van der Waals surface area contributed by atoms with E-state index in [4.69, 9.17) is 25.8 Å². The van der Waals surface area contributed by atoms with Gasteiger partial charge in [-0.1, -0.05) is 11.6 Å². The zero-order valence-electron chi connectivity index (χ0n) is 18.5. The second-order valence-electron chi connectivity index (χ2n) is 8.44. The Balaban J connectivity index is 2.17. The van der Waals surface area contributed by atoms with Gasteiger partial charge in [-0.05, 0) is 51.5 Å². The Morgan fingerprint density at radius 1 is 1.31 bits per heavy atom. The van der Waals surface area contributed by atoms with Crippen LogP contribution in [-0.4, -0.2) is 36.5 Å². The Morgan fingerprint density at radius 3 is 2.66 bits per heavy atom. The van der Waals surface area contributed by atoms with E-state index < -0.39 is 17.1 Å². The third-order valence-corrected chi connectivity index (χ3v) is 5.09. The maximum absolute atomic E-state index is 13.2. The quantitative estimate of drug-likeness (QED) is 0.493. The average molecular weight is 457 g/mol. The molecule has 1 aliphatic rings. The van der Waals surface area contributed by atoms with E-state index in [0.717, 1.165) is 6.42 Å². The molecule has 0 bridgehead atoms. The highest BCUT2D eigenvalue weighted by atomic mass is 35.5. The van der Waals surface area contributed by atoms with Gasteiger partial charge in [0.15, 0.2) is 0 Å². The van der Waals surface area contributed by atoms with Gasteiger partial charge in [0.25, 0.3) is 5.56 Å². The molecule has 3 rings (SSSR count). The first-order valence-corrected chi connectivity index (χ1v) is 10.5. The fourth-order valence-electron chi connectivity index (χ4n) is 3.40. The number of benzene rings is 1. The minimum atomic E-state index is -0.738. The summed E-state index contributed by atoms with van der Waals surface area (Å²) in [5.41, 5.74) is 0.0976. The number of ether oxygens (including phenoxy) is 3. The molecule has 1 saturated heterocycles. The molecule has 0 aliphatic carbocycles. The summed E-state index contributed by atoms with van der Waals surface area (Å²) in [7, 11) is 1.45. The van der Waals surface area contributed by atoms with Gasteiger partial charge in [0, 0.05) is 34.7 Å². The summed E-state index contributed by atoms with van der Waals surface area (Å²) < 4.78 is 17.7. The zero-order chi connectivity index (χ0) is 23.5. The van der Waals surface area contributed by atoms with Gasteiger partial charge >= 0.3 is 5.97 Å². The summed E-state index contributed by atoms with van der Waals surface area (Å²) >= 11 is 6.12. The van der Waals surface area contributed by atoms with Crippen LogP contribution < -0.4 is 10.3 Å². The Kier molecular flexibility index (Phi) is 7.07. The first-order valence-electron chi connectivity index (χ1n) is 10.2. The maximum Gasteiger partial charge on any atom is 0.355 e. The van der Waals surface area contributed by atoms with Crippen molar-refractivity contribution in [2.75, 3.05) is 20.3 Å². The molecular formula is C24H25ClN2O5. The van der Waals surface area contributed by atoms with Gasteiger partial charge in [-0.3, -0.25) is 9.36 Å². The molecule has 168 valence electrons. The van der Waals surface area contributed by atoms with E-state index in [-0.39, 0.29) is 11.6 Å². The average Bonchev–Trinajstić information content (AvgIpc) is 3.24. The van der Waals surface area contributed by atoms with Crippen LogP contribution in [0.5, 0.6) is 5.75 Å². The number of carbonyl (C=O) groups is 1. The van der Waals surface area contributed by atoms with E-state index in [2.05, 4.69) is 6.07 Å². The highest BCUT2D eigenvalue weighted by Gasteiger charge is 2.26. The SMILES string of the molecule is COc1cn(/C(=C/C2CCOC2)C(=O)OC(C)(C)C)c(=O)cc1-c1cc(Cl)ccc1C#N. The smallest absolute Gasteiger partial charge is 0.355 e. The molecule has 1 unspecified atom stereocenters. The summed E-state index contributed by atoms with van der Waals surface area (Å²) in [6, 6.07) is 8.21. The van der Waals surface area contributed by atoms with Crippen molar-refractivity contribution in [3.8, 4) is 22.9 Å². The van der Waals surface area contributed by atoms with Crippen molar-refractivity contribution in [2.24, 2.45) is 5.92 Å². The molecule has 0 N–H and O–H groups in total. The normalized spacial score (nSPS) is 16.5. The Morgan fingerprint density at radius 2 is 2.06 bits per heavy atom. The number of esters is 1. The zero-order valence-corrected chi connectivity index (χ0v) is 19.2. The van der Waals surface area contributed by atoms with E-state index in [1.54, 1.807) is 45.0 Å². The minimum Gasteiger partial charge on any atom is -0.495 e. The number of nitriles is 1. The second kappa shape index (κ2) is 9.60. The predicted molar refractivity (Wildman–Crippen MR) is 121 cm³/mol. The van der Waals surface area contributed by atoms with Crippen LogP contribution in [-0.2, 0) is 14.3 Å². The van der Waals surface area contributed by atoms with E-state index in [0.29, 0.717) is 40.7 Å². The molecule has 1 aromatic heterocycles. The first-order chi connectivity index (χ1) is 15.1. The van der Waals surface area contributed by atoms with Gasteiger partial charge in [-0.2, -0.15) is 5.26 Å². The van der Waals surface area contributed by atoms with Crippen LogP contribution in [0.2, 0.25) is 5.02 Å². The minimum absolute atomic E-state index is 0.0202. The summed E-state index contributed by atoms with van der Waals surface area (Å²) in [4.78, 5) is 26.2. The van der Waals surface area contributed by atoms with E-state index in [1.807, 2.05) is 0 Å². The highest BCUT2D eigenvalue weighted by molar-refractivity contribution is 6.31. The van der Waals surface area contributed by atoms with Gasteiger partial charge in [-0.15, -0.1) is 0 Å². The molecule has 0 amide bonds. The Labute approximate surface area is 191 Å². The molecule has 1 aromatic carbocycles. The summed E-state index contributed by atoms with van der Waals surface area (Å²) in [5.74, 6) is -0.338. The van der Waals surface area contributed by atoms with Crippen LogP contribution in [0.1, 0.15) is 32.8 Å². The van der Waals surface area contributed by atoms with Crippen molar-refractivity contribution in [3.63, 3.8) is 0 Å². The molecule has 8 heteroatoms. The molecule has 7 nitrogen and oxygen atoms in total. The number of carbonyl (C=O) groups excluding carboxylic acids is 1. The third kappa shape index (κ3) is 5.39. The van der Waals surface area contributed by atoms with Gasteiger partial charge in [-0.25, -0.2) is 4.79 Å². The van der Waals surface area contributed by atoms with Gasteiger partial charge in [0.2, 0.25) is 0 Å². The van der Waals surface area contributed by atoms with Crippen molar-refractivity contribution >= 4 is 23.3 Å². The van der Waals surface area contributed by atoms with Crippen molar-refractivity contribution < 1.29 is 19.0 Å². The topological polar surface area (TPSA) is 90.5 Å². The number of pyridine rings is 1. The van der Waals surface area contributed by atoms with Crippen LogP contribution in [0.15, 0.2) is 41.3 Å². The number of methoxy groups -OCH3 is 1. The largest absolute Gasteiger partial charge is 0.495 e. The van der Waals surface area contributed by atoms with Gasteiger partial charge in [0.05, 0.1) is 31.5 Å². The van der Waals surface area contributed by atoms with Crippen molar-refractivity contribution in [3.05, 3.63) is 57.5 Å². The Hall–Kier alpha value is -3.08. The van der Waals surface area contributed by atoms with E-state index >= 15 is 0 Å². The van der Waals surface area contributed by atoms with Crippen LogP contribution in [0.4, 0.5) is 0 Å². The van der Waals surface area contributed by atoms with Crippen molar-refractivity contribution in [2.45, 2.75) is 32.8 Å². The number of aromatic nitrogens is 1. The van der Waals surface area contributed by atoms with Crippen molar-refractivity contribution in [1.29, 1.82) is 5.26 Å². The van der Waals surface area contributed by atoms with Crippen LogP contribution in [0.3, 0.4) is 0 Å². The van der Waals surface area contributed by atoms with E-state index in [1.165, 1.54) is 23.9 Å². The number of halogens is 1. The second-order valence-corrected chi connectivity index (χ2v) is 8.88. The molecular weight excluding hydrogens is 432 g/mol. The molecule has 2 aromatic rings. The summed E-state index contributed by atoms with van der Waals surface area (Å²) in [6.45, 7) is 6.33.